The number of carbonyl (C=O) groups excluding carboxylic acids is 2. The molecule has 0 spiro atoms. The molecule has 98 valence electrons. The van der Waals surface area contributed by atoms with Gasteiger partial charge in [0, 0.05) is 0 Å². The molecular formula is C14H13FN2O2. The van der Waals surface area contributed by atoms with E-state index in [1.807, 2.05) is 0 Å². The Morgan fingerprint density at radius 2 is 2.05 bits per heavy atom. The van der Waals surface area contributed by atoms with Crippen LogP contribution in [0.2, 0.25) is 0 Å². The minimum absolute atomic E-state index is 0.182. The minimum Gasteiger partial charge on any atom is -0.323 e. The number of halogens is 1. The van der Waals surface area contributed by atoms with Gasteiger partial charge in [-0.2, -0.15) is 4.99 Å². The van der Waals surface area contributed by atoms with Gasteiger partial charge in [0.2, 0.25) is 12.0 Å². The van der Waals surface area contributed by atoms with E-state index in [1.54, 1.807) is 12.1 Å². The Hall–Kier alpha value is -2.00. The SMILES string of the molecule is O=C=NC1(c2cc(F)c3c(c2)CC(=O)N3)CCCC1. The summed E-state index contributed by atoms with van der Waals surface area (Å²) in [6.45, 7) is 0. The number of hydrogen-bond donors (Lipinski definition) is 1. The van der Waals surface area contributed by atoms with Gasteiger partial charge in [-0.25, -0.2) is 9.18 Å². The summed E-state index contributed by atoms with van der Waals surface area (Å²) >= 11 is 0. The van der Waals surface area contributed by atoms with Crippen molar-refractivity contribution >= 4 is 17.7 Å². The fraction of sp³-hybridized carbons (Fsp3) is 0.429. The Morgan fingerprint density at radius 3 is 2.74 bits per heavy atom. The van der Waals surface area contributed by atoms with E-state index >= 15 is 0 Å². The Labute approximate surface area is 109 Å². The van der Waals surface area contributed by atoms with Crippen LogP contribution in [0.4, 0.5) is 10.1 Å². The molecular weight excluding hydrogens is 247 g/mol. The van der Waals surface area contributed by atoms with Crippen LogP contribution in [0.5, 0.6) is 0 Å². The molecule has 1 aromatic rings. The molecule has 0 saturated heterocycles. The summed E-state index contributed by atoms with van der Waals surface area (Å²) in [6, 6.07) is 3.18. The van der Waals surface area contributed by atoms with Crippen LogP contribution < -0.4 is 5.32 Å². The molecule has 0 atom stereocenters. The number of nitrogens with one attached hydrogen (secondary N) is 1. The number of aliphatic imine (C=N–C) groups is 1. The topological polar surface area (TPSA) is 58.5 Å². The number of nitrogens with zero attached hydrogens (tertiary/aromatic N) is 1. The summed E-state index contributed by atoms with van der Waals surface area (Å²) in [7, 11) is 0. The summed E-state index contributed by atoms with van der Waals surface area (Å²) in [6.07, 6.45) is 5.16. The first-order chi connectivity index (χ1) is 9.14. The Bertz CT molecular complexity index is 600. The average molecular weight is 260 g/mol. The van der Waals surface area contributed by atoms with E-state index in [-0.39, 0.29) is 18.0 Å². The second-order valence-electron chi connectivity index (χ2n) is 5.16. The highest BCUT2D eigenvalue weighted by atomic mass is 19.1. The molecule has 1 fully saturated rings. The molecule has 1 amide bonds. The summed E-state index contributed by atoms with van der Waals surface area (Å²) < 4.78 is 14.0. The summed E-state index contributed by atoms with van der Waals surface area (Å²) in [5, 5.41) is 2.51. The van der Waals surface area contributed by atoms with E-state index in [0.29, 0.717) is 11.1 Å². The third kappa shape index (κ3) is 1.87. The molecule has 19 heavy (non-hydrogen) atoms. The molecule has 1 N–H and O–H groups in total. The van der Waals surface area contributed by atoms with Gasteiger partial charge in [-0.3, -0.25) is 4.79 Å². The molecule has 0 unspecified atom stereocenters. The van der Waals surface area contributed by atoms with E-state index in [4.69, 9.17) is 0 Å². The van der Waals surface area contributed by atoms with Gasteiger partial charge in [-0.05, 0) is 30.0 Å². The number of benzene rings is 1. The number of carbonyl (C=O) groups is 1. The van der Waals surface area contributed by atoms with Crippen molar-refractivity contribution in [3.63, 3.8) is 0 Å². The van der Waals surface area contributed by atoms with Crippen LogP contribution in [-0.2, 0) is 21.5 Å². The van der Waals surface area contributed by atoms with Gasteiger partial charge in [0.15, 0.2) is 0 Å². The first-order valence-electron chi connectivity index (χ1n) is 6.36. The van der Waals surface area contributed by atoms with Gasteiger partial charge < -0.3 is 5.32 Å². The molecule has 0 aromatic heterocycles. The van der Waals surface area contributed by atoms with Gasteiger partial charge in [-0.15, -0.1) is 0 Å². The minimum atomic E-state index is -0.650. The lowest BCUT2D eigenvalue weighted by Gasteiger charge is -2.23. The first kappa shape index (κ1) is 12.1. The highest BCUT2D eigenvalue weighted by Gasteiger charge is 2.37. The zero-order chi connectivity index (χ0) is 13.5. The van der Waals surface area contributed by atoms with Crippen LogP contribution in [0.15, 0.2) is 17.1 Å². The predicted molar refractivity (Wildman–Crippen MR) is 67.0 cm³/mol. The van der Waals surface area contributed by atoms with Crippen molar-refractivity contribution in [1.29, 1.82) is 0 Å². The number of fused-ring (bicyclic) bond motifs is 1. The quantitative estimate of drug-likeness (QED) is 0.655. The Morgan fingerprint density at radius 1 is 1.32 bits per heavy atom. The third-order valence-electron chi connectivity index (χ3n) is 4.02. The molecule has 3 rings (SSSR count). The average Bonchev–Trinajstić information content (AvgIpc) is 2.96. The highest BCUT2D eigenvalue weighted by molar-refractivity contribution is 5.99. The Kier molecular flexibility index (Phi) is 2.72. The van der Waals surface area contributed by atoms with Crippen LogP contribution in [0, 0.1) is 5.82 Å². The van der Waals surface area contributed by atoms with E-state index in [1.165, 1.54) is 6.07 Å². The molecule has 1 aromatic carbocycles. The summed E-state index contributed by atoms with van der Waals surface area (Å²) in [4.78, 5) is 25.9. The third-order valence-corrected chi connectivity index (χ3v) is 4.02. The van der Waals surface area contributed by atoms with Crippen LogP contribution in [-0.4, -0.2) is 12.0 Å². The second kappa shape index (κ2) is 4.28. The Balaban J connectivity index is 2.11. The zero-order valence-corrected chi connectivity index (χ0v) is 10.3. The second-order valence-corrected chi connectivity index (χ2v) is 5.16. The molecule has 1 saturated carbocycles. The molecule has 0 bridgehead atoms. The highest BCUT2D eigenvalue weighted by Crippen LogP contribution is 2.44. The molecule has 1 aliphatic carbocycles. The van der Waals surface area contributed by atoms with Crippen molar-refractivity contribution in [2.24, 2.45) is 4.99 Å². The van der Waals surface area contributed by atoms with Gasteiger partial charge in [0.1, 0.15) is 5.82 Å². The van der Waals surface area contributed by atoms with E-state index in [2.05, 4.69) is 10.3 Å². The zero-order valence-electron chi connectivity index (χ0n) is 10.3. The van der Waals surface area contributed by atoms with E-state index < -0.39 is 11.4 Å². The van der Waals surface area contributed by atoms with Crippen molar-refractivity contribution in [1.82, 2.24) is 0 Å². The number of anilines is 1. The number of isocyanates is 1. The molecule has 2 aliphatic rings. The monoisotopic (exact) mass is 260 g/mol. The number of amides is 1. The maximum atomic E-state index is 14.0. The molecule has 5 heteroatoms. The van der Waals surface area contributed by atoms with Gasteiger partial charge in [-0.1, -0.05) is 18.9 Å². The largest absolute Gasteiger partial charge is 0.323 e. The molecule has 1 aliphatic heterocycles. The van der Waals surface area contributed by atoms with Crippen LogP contribution >= 0.6 is 0 Å². The normalized spacial score (nSPS) is 19.7. The fourth-order valence-corrected chi connectivity index (χ4v) is 3.08. The maximum absolute atomic E-state index is 14.0. The van der Waals surface area contributed by atoms with Crippen molar-refractivity contribution in [3.8, 4) is 0 Å². The summed E-state index contributed by atoms with van der Waals surface area (Å²) in [5.41, 5.74) is 0.939. The number of hydrogen-bond acceptors (Lipinski definition) is 3. The molecule has 1 heterocycles. The van der Waals surface area contributed by atoms with E-state index in [9.17, 15) is 14.0 Å². The maximum Gasteiger partial charge on any atom is 0.235 e. The smallest absolute Gasteiger partial charge is 0.235 e. The van der Waals surface area contributed by atoms with Gasteiger partial charge in [0.05, 0.1) is 17.6 Å². The summed E-state index contributed by atoms with van der Waals surface area (Å²) in [5.74, 6) is -0.656. The standard InChI is InChI=1S/C14H13FN2O2/c15-11-7-10(5-9-6-12(19)17-13(9)11)14(16-8-18)3-1-2-4-14/h5,7H,1-4,6H2,(H,17,19). The van der Waals surface area contributed by atoms with Crippen LogP contribution in [0.3, 0.4) is 0 Å². The molecule has 0 radical (unpaired) electrons. The lowest BCUT2D eigenvalue weighted by Crippen LogP contribution is -2.19. The lowest BCUT2D eigenvalue weighted by atomic mass is 9.87. The van der Waals surface area contributed by atoms with Crippen molar-refractivity contribution in [2.45, 2.75) is 37.6 Å². The number of rotatable bonds is 2. The molecule has 4 nitrogen and oxygen atoms in total. The lowest BCUT2D eigenvalue weighted by molar-refractivity contribution is -0.115. The first-order valence-corrected chi connectivity index (χ1v) is 6.36. The van der Waals surface area contributed by atoms with Crippen LogP contribution in [0.25, 0.3) is 0 Å². The van der Waals surface area contributed by atoms with Gasteiger partial charge in [0.25, 0.3) is 0 Å². The van der Waals surface area contributed by atoms with Gasteiger partial charge >= 0.3 is 0 Å². The van der Waals surface area contributed by atoms with Crippen molar-refractivity contribution < 1.29 is 14.0 Å². The predicted octanol–water partition coefficient (Wildman–Crippen LogP) is 2.43. The van der Waals surface area contributed by atoms with Crippen molar-refractivity contribution in [2.75, 3.05) is 5.32 Å². The van der Waals surface area contributed by atoms with E-state index in [0.717, 1.165) is 25.7 Å². The van der Waals surface area contributed by atoms with Crippen LogP contribution in [0.1, 0.15) is 36.8 Å². The van der Waals surface area contributed by atoms with Crippen molar-refractivity contribution in [3.05, 3.63) is 29.1 Å². The fourth-order valence-electron chi connectivity index (χ4n) is 3.08.